The Hall–Kier alpha value is -0.610. The number of carbonyl (C=O) groups is 1. The third-order valence-corrected chi connectivity index (χ3v) is 6.88. The van der Waals surface area contributed by atoms with Gasteiger partial charge in [0.1, 0.15) is 0 Å². The van der Waals surface area contributed by atoms with E-state index in [2.05, 4.69) is 10.6 Å². The molecule has 22 heavy (non-hydrogen) atoms. The van der Waals surface area contributed by atoms with Crippen molar-refractivity contribution in [3.8, 4) is 0 Å². The Morgan fingerprint density at radius 1 is 1.18 bits per heavy atom. The molecule has 1 saturated heterocycles. The minimum Gasteiger partial charge on any atom is -0.383 e. The molecule has 4 saturated carbocycles. The van der Waals surface area contributed by atoms with E-state index in [1.807, 2.05) is 0 Å². The van der Waals surface area contributed by atoms with Gasteiger partial charge in [-0.1, -0.05) is 0 Å². The molecule has 0 spiro atoms. The highest BCUT2D eigenvalue weighted by Crippen LogP contribution is 2.56. The molecular formula is C18H30N2O2. The van der Waals surface area contributed by atoms with E-state index in [-0.39, 0.29) is 5.54 Å². The molecule has 1 amide bonds. The first-order valence-corrected chi connectivity index (χ1v) is 9.21. The van der Waals surface area contributed by atoms with Crippen LogP contribution in [0.1, 0.15) is 44.9 Å². The molecule has 4 aliphatic carbocycles. The standard InChI is InChI=1S/C18H30N2O2/c1-22-11-18(3-2-4-20-18)10-19-17(21)16-14-6-12-5-13(8-14)9-15(16)7-12/h12-16,20H,2-11H2,1H3,(H,19,21). The van der Waals surface area contributed by atoms with Gasteiger partial charge in [0, 0.05) is 19.6 Å². The summed E-state index contributed by atoms with van der Waals surface area (Å²) < 4.78 is 5.39. The van der Waals surface area contributed by atoms with E-state index in [0.29, 0.717) is 30.3 Å². The zero-order valence-electron chi connectivity index (χ0n) is 13.8. The highest BCUT2D eigenvalue weighted by atomic mass is 16.5. The second-order valence-corrected chi connectivity index (χ2v) is 8.42. The lowest BCUT2D eigenvalue weighted by Crippen LogP contribution is -2.56. The molecule has 4 nitrogen and oxygen atoms in total. The molecule has 2 N–H and O–H groups in total. The second-order valence-electron chi connectivity index (χ2n) is 8.42. The van der Waals surface area contributed by atoms with E-state index in [9.17, 15) is 4.79 Å². The molecule has 1 atom stereocenters. The molecule has 1 heterocycles. The Morgan fingerprint density at radius 2 is 1.86 bits per heavy atom. The van der Waals surface area contributed by atoms with Gasteiger partial charge in [-0.25, -0.2) is 0 Å². The maximum atomic E-state index is 12.9. The van der Waals surface area contributed by atoms with Crippen molar-refractivity contribution in [3.05, 3.63) is 0 Å². The van der Waals surface area contributed by atoms with Gasteiger partial charge >= 0.3 is 0 Å². The number of ether oxygens (including phenoxy) is 1. The number of rotatable bonds is 5. The summed E-state index contributed by atoms with van der Waals surface area (Å²) in [4.78, 5) is 12.9. The van der Waals surface area contributed by atoms with Crippen LogP contribution in [0.4, 0.5) is 0 Å². The van der Waals surface area contributed by atoms with Crippen LogP contribution < -0.4 is 10.6 Å². The maximum absolute atomic E-state index is 12.9. The number of hydrogen-bond donors (Lipinski definition) is 2. The summed E-state index contributed by atoms with van der Waals surface area (Å²) >= 11 is 0. The zero-order valence-corrected chi connectivity index (χ0v) is 13.8. The van der Waals surface area contributed by atoms with E-state index >= 15 is 0 Å². The van der Waals surface area contributed by atoms with Crippen molar-refractivity contribution < 1.29 is 9.53 Å². The number of nitrogens with one attached hydrogen (secondary N) is 2. The van der Waals surface area contributed by atoms with E-state index < -0.39 is 0 Å². The smallest absolute Gasteiger partial charge is 0.223 e. The zero-order chi connectivity index (χ0) is 15.2. The summed E-state index contributed by atoms with van der Waals surface area (Å²) in [5.41, 5.74) is -0.0314. The Labute approximate surface area is 133 Å². The maximum Gasteiger partial charge on any atom is 0.223 e. The fraction of sp³-hybridized carbons (Fsp3) is 0.944. The monoisotopic (exact) mass is 306 g/mol. The highest BCUT2D eigenvalue weighted by Gasteiger charge is 2.51. The Balaban J connectivity index is 1.38. The van der Waals surface area contributed by atoms with Crippen LogP contribution in [0.15, 0.2) is 0 Å². The minimum atomic E-state index is -0.0314. The van der Waals surface area contributed by atoms with Gasteiger partial charge < -0.3 is 15.4 Å². The molecule has 5 aliphatic rings. The van der Waals surface area contributed by atoms with Gasteiger partial charge in [-0.2, -0.15) is 0 Å². The summed E-state index contributed by atoms with van der Waals surface area (Å²) in [7, 11) is 1.75. The minimum absolute atomic E-state index is 0.0314. The van der Waals surface area contributed by atoms with Gasteiger partial charge in [0.2, 0.25) is 5.91 Å². The lowest BCUT2D eigenvalue weighted by Gasteiger charge is -2.53. The average molecular weight is 306 g/mol. The van der Waals surface area contributed by atoms with Gasteiger partial charge in [0.05, 0.1) is 12.1 Å². The van der Waals surface area contributed by atoms with Gasteiger partial charge in [-0.05, 0) is 75.2 Å². The molecule has 0 aromatic heterocycles. The third kappa shape index (κ3) is 2.58. The molecule has 5 rings (SSSR count). The molecular weight excluding hydrogens is 276 g/mol. The quantitative estimate of drug-likeness (QED) is 0.816. The van der Waals surface area contributed by atoms with Crippen LogP contribution in [0.2, 0.25) is 0 Å². The van der Waals surface area contributed by atoms with Crippen LogP contribution in [-0.4, -0.2) is 38.3 Å². The van der Waals surface area contributed by atoms with Crippen LogP contribution in [0.5, 0.6) is 0 Å². The first-order valence-electron chi connectivity index (χ1n) is 9.21. The first kappa shape index (κ1) is 14.9. The van der Waals surface area contributed by atoms with Crippen LogP contribution in [0.25, 0.3) is 0 Å². The van der Waals surface area contributed by atoms with Crippen LogP contribution >= 0.6 is 0 Å². The number of methoxy groups -OCH3 is 1. The van der Waals surface area contributed by atoms with Crippen LogP contribution in [-0.2, 0) is 9.53 Å². The summed E-state index contributed by atoms with van der Waals surface area (Å²) in [6, 6.07) is 0. The fourth-order valence-electron chi connectivity index (χ4n) is 6.20. The van der Waals surface area contributed by atoms with Crippen LogP contribution in [0.3, 0.4) is 0 Å². The van der Waals surface area contributed by atoms with Crippen molar-refractivity contribution in [2.45, 2.75) is 50.5 Å². The molecule has 124 valence electrons. The SMILES string of the molecule is COCC1(CNC(=O)C2C3CC4CC(C3)CC2C4)CCCN1. The lowest BCUT2D eigenvalue weighted by atomic mass is 9.51. The molecule has 0 aromatic rings. The predicted octanol–water partition coefficient (Wildman–Crippen LogP) is 1.94. The van der Waals surface area contributed by atoms with E-state index in [0.717, 1.165) is 31.3 Å². The normalized spacial score (nSPS) is 46.1. The predicted molar refractivity (Wildman–Crippen MR) is 85.4 cm³/mol. The molecule has 0 radical (unpaired) electrons. The summed E-state index contributed by atoms with van der Waals surface area (Å²) in [5, 5.41) is 6.85. The van der Waals surface area contributed by atoms with Crippen molar-refractivity contribution in [2.24, 2.45) is 29.6 Å². The van der Waals surface area contributed by atoms with Crippen molar-refractivity contribution in [1.29, 1.82) is 0 Å². The first-order chi connectivity index (χ1) is 10.7. The molecule has 4 bridgehead atoms. The largest absolute Gasteiger partial charge is 0.383 e. The van der Waals surface area contributed by atoms with Gasteiger partial charge in [0.25, 0.3) is 0 Å². The van der Waals surface area contributed by atoms with E-state index in [1.54, 1.807) is 7.11 Å². The average Bonchev–Trinajstić information content (AvgIpc) is 2.93. The number of hydrogen-bond acceptors (Lipinski definition) is 3. The van der Waals surface area contributed by atoms with E-state index in [4.69, 9.17) is 4.74 Å². The summed E-state index contributed by atoms with van der Waals surface area (Å²) in [6.07, 6.45) is 8.97. The Kier molecular flexibility index (Phi) is 3.93. The van der Waals surface area contributed by atoms with Crippen molar-refractivity contribution in [1.82, 2.24) is 10.6 Å². The molecule has 1 aliphatic heterocycles. The third-order valence-electron chi connectivity index (χ3n) is 6.88. The van der Waals surface area contributed by atoms with Crippen molar-refractivity contribution in [2.75, 3.05) is 26.8 Å². The topological polar surface area (TPSA) is 50.4 Å². The van der Waals surface area contributed by atoms with E-state index in [1.165, 1.54) is 38.5 Å². The summed E-state index contributed by atoms with van der Waals surface area (Å²) in [5.74, 6) is 3.84. The highest BCUT2D eigenvalue weighted by molar-refractivity contribution is 5.79. The fourth-order valence-corrected chi connectivity index (χ4v) is 6.20. The second kappa shape index (κ2) is 5.79. The van der Waals surface area contributed by atoms with Gasteiger partial charge in [-0.15, -0.1) is 0 Å². The number of carbonyl (C=O) groups excluding carboxylic acids is 1. The van der Waals surface area contributed by atoms with Gasteiger partial charge in [-0.3, -0.25) is 4.79 Å². The Bertz CT molecular complexity index is 403. The molecule has 5 fully saturated rings. The lowest BCUT2D eigenvalue weighted by molar-refractivity contribution is -0.138. The number of amides is 1. The van der Waals surface area contributed by atoms with Crippen molar-refractivity contribution in [3.63, 3.8) is 0 Å². The van der Waals surface area contributed by atoms with Gasteiger partial charge in [0.15, 0.2) is 0 Å². The Morgan fingerprint density at radius 3 is 2.41 bits per heavy atom. The van der Waals surface area contributed by atoms with Crippen molar-refractivity contribution >= 4 is 5.91 Å². The molecule has 1 unspecified atom stereocenters. The van der Waals surface area contributed by atoms with Crippen LogP contribution in [0, 0.1) is 29.6 Å². The summed E-state index contributed by atoms with van der Waals surface area (Å²) in [6.45, 7) is 2.45. The molecule has 0 aromatic carbocycles. The molecule has 4 heteroatoms.